The van der Waals surface area contributed by atoms with Gasteiger partial charge in [-0.3, -0.25) is 14.6 Å². The van der Waals surface area contributed by atoms with Crippen LogP contribution in [-0.2, 0) is 33.8 Å². The number of nitrogens with zero attached hydrogens (tertiary/aromatic N) is 1. The number of carbonyl (C=O) groups is 2. The average molecular weight is 418 g/mol. The lowest BCUT2D eigenvalue weighted by atomic mass is 10.0. The van der Waals surface area contributed by atoms with Gasteiger partial charge >= 0.3 is 5.97 Å². The van der Waals surface area contributed by atoms with E-state index in [1.165, 1.54) is 0 Å². The van der Waals surface area contributed by atoms with Crippen LogP contribution in [0.5, 0.6) is 0 Å². The van der Waals surface area contributed by atoms with E-state index < -0.39 is 12.1 Å². The first kappa shape index (κ1) is 22.2. The zero-order chi connectivity index (χ0) is 21.9. The predicted octanol–water partition coefficient (Wildman–Crippen LogP) is 2.81. The molecule has 6 heteroatoms. The van der Waals surface area contributed by atoms with E-state index in [1.807, 2.05) is 66.7 Å². The molecule has 1 amide bonds. The van der Waals surface area contributed by atoms with Gasteiger partial charge in [0.1, 0.15) is 6.61 Å². The minimum absolute atomic E-state index is 0.0626. The van der Waals surface area contributed by atoms with Crippen LogP contribution < -0.4 is 11.1 Å². The molecule has 0 aliphatic rings. The number of nitrogens with two attached hydrogens (primary N) is 1. The average Bonchev–Trinajstić information content (AvgIpc) is 2.79. The standard InChI is InChI=1S/C25H27N3O3/c26-23(15-21-12-7-13-27-17-21)25(30)28-22(14-19-8-3-1-4-9-19)16-24(29)31-18-20-10-5-2-6-11-20/h1-13,17,22-23H,14-16,18,26H2,(H,28,30)/t22-,23-/m0/s1. The normalized spacial score (nSPS) is 12.5. The quantitative estimate of drug-likeness (QED) is 0.495. The number of aromatic nitrogens is 1. The van der Waals surface area contributed by atoms with Gasteiger partial charge in [0.2, 0.25) is 5.91 Å². The van der Waals surface area contributed by atoms with Crippen molar-refractivity contribution < 1.29 is 14.3 Å². The third-order valence-electron chi connectivity index (χ3n) is 4.84. The van der Waals surface area contributed by atoms with Gasteiger partial charge in [0.25, 0.3) is 0 Å². The molecule has 3 rings (SSSR count). The maximum atomic E-state index is 12.7. The number of nitrogens with one attached hydrogen (secondary N) is 1. The molecule has 3 aromatic rings. The number of pyridine rings is 1. The van der Waals surface area contributed by atoms with E-state index in [2.05, 4.69) is 10.3 Å². The van der Waals surface area contributed by atoms with E-state index in [1.54, 1.807) is 18.5 Å². The van der Waals surface area contributed by atoms with Gasteiger partial charge in [-0.1, -0.05) is 66.7 Å². The lowest BCUT2D eigenvalue weighted by Crippen LogP contribution is -2.47. The molecule has 31 heavy (non-hydrogen) atoms. The van der Waals surface area contributed by atoms with Crippen LogP contribution >= 0.6 is 0 Å². The van der Waals surface area contributed by atoms with E-state index in [0.29, 0.717) is 12.8 Å². The molecule has 3 N–H and O–H groups in total. The number of amides is 1. The molecule has 160 valence electrons. The Hall–Kier alpha value is -3.51. The summed E-state index contributed by atoms with van der Waals surface area (Å²) in [7, 11) is 0. The molecule has 0 radical (unpaired) electrons. The van der Waals surface area contributed by atoms with Gasteiger partial charge in [-0.2, -0.15) is 0 Å². The van der Waals surface area contributed by atoms with Gasteiger partial charge in [0, 0.05) is 18.4 Å². The number of ether oxygens (including phenoxy) is 1. The van der Waals surface area contributed by atoms with Gasteiger partial charge in [-0.25, -0.2) is 0 Å². The Balaban J connectivity index is 1.59. The third kappa shape index (κ3) is 7.68. The molecule has 0 fully saturated rings. The number of hydrogen-bond donors (Lipinski definition) is 2. The molecule has 2 atom stereocenters. The van der Waals surface area contributed by atoms with Crippen LogP contribution in [0, 0.1) is 0 Å². The molecule has 0 saturated heterocycles. The van der Waals surface area contributed by atoms with E-state index in [9.17, 15) is 9.59 Å². The van der Waals surface area contributed by atoms with Gasteiger partial charge in [-0.15, -0.1) is 0 Å². The molecule has 0 aliphatic carbocycles. The van der Waals surface area contributed by atoms with Crippen LogP contribution in [0.2, 0.25) is 0 Å². The number of benzene rings is 2. The van der Waals surface area contributed by atoms with Gasteiger partial charge in [0.15, 0.2) is 0 Å². The first-order valence-corrected chi connectivity index (χ1v) is 10.3. The Labute approximate surface area is 182 Å². The number of esters is 1. The molecule has 6 nitrogen and oxygen atoms in total. The zero-order valence-electron chi connectivity index (χ0n) is 17.3. The third-order valence-corrected chi connectivity index (χ3v) is 4.84. The van der Waals surface area contributed by atoms with E-state index >= 15 is 0 Å². The molecule has 0 spiro atoms. The van der Waals surface area contributed by atoms with Crippen LogP contribution in [0.25, 0.3) is 0 Å². The van der Waals surface area contributed by atoms with Gasteiger partial charge in [-0.05, 0) is 35.6 Å². The van der Waals surface area contributed by atoms with Crippen LogP contribution in [0.1, 0.15) is 23.1 Å². The fraction of sp³-hybridized carbons (Fsp3) is 0.240. The van der Waals surface area contributed by atoms with Crippen molar-refractivity contribution in [1.29, 1.82) is 0 Å². The lowest BCUT2D eigenvalue weighted by Gasteiger charge is -2.21. The predicted molar refractivity (Wildman–Crippen MR) is 119 cm³/mol. The molecular formula is C25H27N3O3. The fourth-order valence-electron chi connectivity index (χ4n) is 3.24. The SMILES string of the molecule is N[C@@H](Cc1cccnc1)C(=O)N[C@H](CC(=O)OCc1ccccc1)Cc1ccccc1. The van der Waals surface area contributed by atoms with Crippen molar-refractivity contribution in [3.63, 3.8) is 0 Å². The highest BCUT2D eigenvalue weighted by Gasteiger charge is 2.22. The fourth-order valence-corrected chi connectivity index (χ4v) is 3.24. The maximum Gasteiger partial charge on any atom is 0.308 e. The Morgan fingerprint density at radius 2 is 1.52 bits per heavy atom. The molecular weight excluding hydrogens is 390 g/mol. The van der Waals surface area contributed by atoms with E-state index in [-0.39, 0.29) is 24.9 Å². The topological polar surface area (TPSA) is 94.3 Å². The van der Waals surface area contributed by atoms with Crippen LogP contribution in [0.15, 0.2) is 85.2 Å². The zero-order valence-corrected chi connectivity index (χ0v) is 17.3. The summed E-state index contributed by atoms with van der Waals surface area (Å²) < 4.78 is 5.40. The summed E-state index contributed by atoms with van der Waals surface area (Å²) in [6, 6.07) is 21.7. The molecule has 1 aromatic heterocycles. The van der Waals surface area contributed by atoms with Crippen molar-refractivity contribution in [3.05, 3.63) is 102 Å². The van der Waals surface area contributed by atoms with Crippen LogP contribution in [0.3, 0.4) is 0 Å². The highest BCUT2D eigenvalue weighted by Crippen LogP contribution is 2.09. The minimum Gasteiger partial charge on any atom is -0.461 e. The monoisotopic (exact) mass is 417 g/mol. The summed E-state index contributed by atoms with van der Waals surface area (Å²) in [6.07, 6.45) is 4.30. The van der Waals surface area contributed by atoms with Crippen LogP contribution in [0.4, 0.5) is 0 Å². The second-order valence-corrected chi connectivity index (χ2v) is 7.42. The maximum absolute atomic E-state index is 12.7. The first-order valence-electron chi connectivity index (χ1n) is 10.3. The lowest BCUT2D eigenvalue weighted by molar-refractivity contribution is -0.145. The summed E-state index contributed by atoms with van der Waals surface area (Å²) >= 11 is 0. The van der Waals surface area contributed by atoms with E-state index in [0.717, 1.165) is 16.7 Å². The molecule has 0 aliphatic heterocycles. The van der Waals surface area contributed by atoms with Gasteiger partial charge in [0.05, 0.1) is 12.5 Å². The van der Waals surface area contributed by atoms with Gasteiger partial charge < -0.3 is 15.8 Å². The minimum atomic E-state index is -0.734. The second kappa shape index (κ2) is 11.6. The molecule has 0 unspecified atom stereocenters. The largest absolute Gasteiger partial charge is 0.461 e. The molecule has 0 saturated carbocycles. The Kier molecular flexibility index (Phi) is 8.31. The van der Waals surface area contributed by atoms with Crippen molar-refractivity contribution in [1.82, 2.24) is 10.3 Å². The van der Waals surface area contributed by atoms with Crippen molar-refractivity contribution in [3.8, 4) is 0 Å². The molecule has 2 aromatic carbocycles. The first-order chi connectivity index (χ1) is 15.1. The summed E-state index contributed by atoms with van der Waals surface area (Å²) in [4.78, 5) is 29.2. The smallest absolute Gasteiger partial charge is 0.308 e. The Bertz CT molecular complexity index is 950. The van der Waals surface area contributed by atoms with Crippen molar-refractivity contribution >= 4 is 11.9 Å². The van der Waals surface area contributed by atoms with Crippen molar-refractivity contribution in [2.75, 3.05) is 0 Å². The highest BCUT2D eigenvalue weighted by atomic mass is 16.5. The van der Waals surface area contributed by atoms with E-state index in [4.69, 9.17) is 10.5 Å². The Morgan fingerprint density at radius 1 is 0.871 bits per heavy atom. The Morgan fingerprint density at radius 3 is 2.16 bits per heavy atom. The number of hydrogen-bond acceptors (Lipinski definition) is 5. The van der Waals surface area contributed by atoms with Crippen LogP contribution in [-0.4, -0.2) is 28.9 Å². The second-order valence-electron chi connectivity index (χ2n) is 7.42. The molecule has 0 bridgehead atoms. The molecule has 1 heterocycles. The number of rotatable bonds is 10. The summed E-state index contributed by atoms with van der Waals surface area (Å²) in [5.74, 6) is -0.674. The van der Waals surface area contributed by atoms with Crippen molar-refractivity contribution in [2.24, 2.45) is 5.73 Å². The summed E-state index contributed by atoms with van der Waals surface area (Å²) in [6.45, 7) is 0.201. The summed E-state index contributed by atoms with van der Waals surface area (Å²) in [5.41, 5.74) is 8.91. The summed E-state index contributed by atoms with van der Waals surface area (Å²) in [5, 5.41) is 2.93. The number of carbonyl (C=O) groups excluding carboxylic acids is 2. The van der Waals surface area contributed by atoms with Crippen molar-refractivity contribution in [2.45, 2.75) is 38.0 Å². The highest BCUT2D eigenvalue weighted by molar-refractivity contribution is 5.83.